The molecule has 34 heavy (non-hydrogen) atoms. The minimum absolute atomic E-state index is 0.161. The maximum Gasteiger partial charge on any atom is 0.417 e. The molecule has 1 aliphatic carbocycles. The average Bonchev–Trinajstić information content (AvgIpc) is 3.06. The van der Waals surface area contributed by atoms with Crippen molar-refractivity contribution in [1.82, 2.24) is 5.32 Å². The molecule has 1 heterocycles. The zero-order valence-electron chi connectivity index (χ0n) is 19.9. The molecule has 2 aromatic rings. The molecule has 1 aliphatic heterocycles. The molecule has 0 spiro atoms. The predicted molar refractivity (Wildman–Crippen MR) is 131 cm³/mol. The summed E-state index contributed by atoms with van der Waals surface area (Å²) in [5, 5.41) is 1.75. The van der Waals surface area contributed by atoms with E-state index in [0.29, 0.717) is 17.5 Å². The fourth-order valence-corrected chi connectivity index (χ4v) is 5.57. The fourth-order valence-electron chi connectivity index (χ4n) is 4.89. The second-order valence-electron chi connectivity index (χ2n) is 10.3. The van der Waals surface area contributed by atoms with Gasteiger partial charge in [-0.15, -0.1) is 0 Å². The number of rotatable bonds is 3. The monoisotopic (exact) mass is 487 g/mol. The van der Waals surface area contributed by atoms with Crippen LogP contribution in [0.4, 0.5) is 18.0 Å². The van der Waals surface area contributed by atoms with Crippen molar-refractivity contribution in [2.24, 2.45) is 0 Å². The Bertz CT molecular complexity index is 1230. The summed E-state index contributed by atoms with van der Waals surface area (Å²) < 4.78 is 43.2. The van der Waals surface area contributed by atoms with E-state index in [0.717, 1.165) is 41.3 Å². The first-order valence-corrected chi connectivity index (χ1v) is 12.2. The summed E-state index contributed by atoms with van der Waals surface area (Å²) in [6.07, 6.45) is -0.693. The van der Waals surface area contributed by atoms with Crippen LogP contribution in [0, 0.1) is 0 Å². The third kappa shape index (κ3) is 4.42. The number of carbonyl (C=O) groups excluding carboxylic acids is 2. The lowest BCUT2D eigenvalue weighted by Crippen LogP contribution is -2.34. The molecule has 4 rings (SSSR count). The van der Waals surface area contributed by atoms with Crippen LogP contribution in [0.3, 0.4) is 0 Å². The summed E-state index contributed by atoms with van der Waals surface area (Å²) in [7, 11) is 0. The van der Waals surface area contributed by atoms with Gasteiger partial charge in [0.05, 0.1) is 10.5 Å². The Morgan fingerprint density at radius 2 is 1.59 bits per heavy atom. The number of nitrogens with one attached hydrogen (secondary N) is 1. The van der Waals surface area contributed by atoms with E-state index >= 15 is 0 Å². The van der Waals surface area contributed by atoms with Crippen LogP contribution in [0.2, 0.25) is 0 Å². The Labute approximate surface area is 202 Å². The molecule has 7 heteroatoms. The van der Waals surface area contributed by atoms with Gasteiger partial charge in [0.2, 0.25) is 0 Å². The number of benzene rings is 2. The molecule has 1 fully saturated rings. The molecule has 180 valence electrons. The Morgan fingerprint density at radius 1 is 0.971 bits per heavy atom. The number of hydrogen-bond donors (Lipinski definition) is 1. The van der Waals surface area contributed by atoms with Crippen molar-refractivity contribution in [3.05, 3.63) is 63.1 Å². The van der Waals surface area contributed by atoms with Crippen molar-refractivity contribution in [3.8, 4) is 11.1 Å². The number of hydrogen-bond acceptors (Lipinski definition) is 3. The molecule has 0 bridgehead atoms. The highest BCUT2D eigenvalue weighted by Gasteiger charge is 2.42. The largest absolute Gasteiger partial charge is 0.417 e. The minimum Gasteiger partial charge on any atom is -0.282 e. The smallest absolute Gasteiger partial charge is 0.282 e. The lowest BCUT2D eigenvalue weighted by atomic mass is 9.62. The zero-order chi connectivity index (χ0) is 25.1. The molecular weight excluding hydrogens is 459 g/mol. The van der Waals surface area contributed by atoms with Crippen LogP contribution in [0.25, 0.3) is 17.2 Å². The second-order valence-corrected chi connectivity index (χ2v) is 11.3. The average molecular weight is 488 g/mol. The van der Waals surface area contributed by atoms with Gasteiger partial charge < -0.3 is 0 Å². The molecule has 0 atom stereocenters. The van der Waals surface area contributed by atoms with Crippen molar-refractivity contribution in [3.63, 3.8) is 0 Å². The van der Waals surface area contributed by atoms with Gasteiger partial charge >= 0.3 is 6.18 Å². The maximum atomic E-state index is 14.4. The van der Waals surface area contributed by atoms with Gasteiger partial charge in [0.25, 0.3) is 11.1 Å². The van der Waals surface area contributed by atoms with E-state index in [1.165, 1.54) is 6.07 Å². The molecule has 3 nitrogen and oxygen atoms in total. The van der Waals surface area contributed by atoms with Crippen LogP contribution in [-0.4, -0.2) is 11.1 Å². The Balaban J connectivity index is 1.97. The van der Waals surface area contributed by atoms with E-state index in [-0.39, 0.29) is 21.3 Å². The molecule has 2 aliphatic rings. The molecule has 0 unspecified atom stereocenters. The van der Waals surface area contributed by atoms with E-state index < -0.39 is 22.9 Å². The summed E-state index contributed by atoms with van der Waals surface area (Å²) in [5.74, 6) is -0.495. The minimum atomic E-state index is -4.52. The zero-order valence-corrected chi connectivity index (χ0v) is 20.8. The SMILES string of the molecule is CCc1ccc(/C=C2/SC(=O)NC2=O)cc1-c1cc2c(cc1C(F)(F)F)C(C)(C)CCC2(C)C. The third-order valence-corrected chi connectivity index (χ3v) is 7.85. The summed E-state index contributed by atoms with van der Waals surface area (Å²) in [6.45, 7) is 10.1. The lowest BCUT2D eigenvalue weighted by molar-refractivity contribution is -0.137. The number of amides is 2. The van der Waals surface area contributed by atoms with E-state index in [9.17, 15) is 22.8 Å². The van der Waals surface area contributed by atoms with Crippen LogP contribution in [0.5, 0.6) is 0 Å². The maximum absolute atomic E-state index is 14.4. The molecule has 1 saturated heterocycles. The number of carbonyl (C=O) groups is 2. The Morgan fingerprint density at radius 3 is 2.12 bits per heavy atom. The van der Waals surface area contributed by atoms with Crippen molar-refractivity contribution < 1.29 is 22.8 Å². The first-order valence-electron chi connectivity index (χ1n) is 11.4. The van der Waals surface area contributed by atoms with Gasteiger partial charge in [0.1, 0.15) is 0 Å². The molecule has 0 saturated carbocycles. The first-order chi connectivity index (χ1) is 15.7. The second kappa shape index (κ2) is 8.29. The highest BCUT2D eigenvalue weighted by Crippen LogP contribution is 2.50. The van der Waals surface area contributed by atoms with Crippen molar-refractivity contribution in [2.75, 3.05) is 0 Å². The summed E-state index contributed by atoms with van der Waals surface area (Å²) in [6, 6.07) is 8.36. The van der Waals surface area contributed by atoms with Crippen LogP contribution >= 0.6 is 11.8 Å². The number of halogens is 3. The van der Waals surface area contributed by atoms with Crippen molar-refractivity contribution in [1.29, 1.82) is 0 Å². The quantitative estimate of drug-likeness (QED) is 0.453. The van der Waals surface area contributed by atoms with Crippen LogP contribution in [-0.2, 0) is 28.2 Å². The van der Waals surface area contributed by atoms with E-state index in [1.807, 2.05) is 20.8 Å². The Kier molecular flexibility index (Phi) is 6.00. The third-order valence-electron chi connectivity index (χ3n) is 7.04. The molecule has 0 radical (unpaired) electrons. The predicted octanol–water partition coefficient (Wildman–Crippen LogP) is 7.61. The summed E-state index contributed by atoms with van der Waals surface area (Å²) in [5.41, 5.74) is 2.51. The highest BCUT2D eigenvalue weighted by molar-refractivity contribution is 8.18. The molecule has 2 amide bonds. The van der Waals surface area contributed by atoms with Crippen LogP contribution < -0.4 is 5.32 Å². The number of fused-ring (bicyclic) bond motifs is 1. The number of aryl methyl sites for hydroxylation is 1. The van der Waals surface area contributed by atoms with Crippen LogP contribution in [0.15, 0.2) is 35.2 Å². The lowest BCUT2D eigenvalue weighted by Gasteiger charge is -2.42. The molecular formula is C27H28F3NO2S. The van der Waals surface area contributed by atoms with Gasteiger partial charge in [-0.05, 0) is 99.5 Å². The van der Waals surface area contributed by atoms with Gasteiger partial charge in [-0.3, -0.25) is 14.9 Å². The standard InChI is InChI=1S/C27H28F3NO2S/c1-6-16-8-7-15(12-22-23(32)31-24(33)34-22)11-17(16)18-13-20-21(14-19(18)27(28,29)30)26(4,5)10-9-25(20,2)3/h7-8,11-14H,6,9-10H2,1-5H3,(H,31,32,33)/b22-12+. The summed E-state index contributed by atoms with van der Waals surface area (Å²) in [4.78, 5) is 23.7. The normalized spacial score (nSPS) is 20.4. The number of alkyl halides is 3. The Hall–Kier alpha value is -2.54. The fraction of sp³-hybridized carbons (Fsp3) is 0.407. The van der Waals surface area contributed by atoms with E-state index in [2.05, 4.69) is 19.2 Å². The first kappa shape index (κ1) is 24.6. The molecule has 2 aromatic carbocycles. The van der Waals surface area contributed by atoms with E-state index in [1.54, 1.807) is 30.3 Å². The van der Waals surface area contributed by atoms with Gasteiger partial charge in [0, 0.05) is 0 Å². The van der Waals surface area contributed by atoms with Gasteiger partial charge in [-0.1, -0.05) is 46.8 Å². The van der Waals surface area contributed by atoms with Gasteiger partial charge in [-0.2, -0.15) is 13.2 Å². The molecule has 1 N–H and O–H groups in total. The number of imide groups is 1. The van der Waals surface area contributed by atoms with Gasteiger partial charge in [-0.25, -0.2) is 0 Å². The molecule has 0 aromatic heterocycles. The van der Waals surface area contributed by atoms with E-state index in [4.69, 9.17) is 0 Å². The highest BCUT2D eigenvalue weighted by atomic mass is 32.2. The van der Waals surface area contributed by atoms with Gasteiger partial charge in [0.15, 0.2) is 0 Å². The number of thioether (sulfide) groups is 1. The van der Waals surface area contributed by atoms with Crippen molar-refractivity contribution in [2.45, 2.75) is 70.9 Å². The van der Waals surface area contributed by atoms with Crippen molar-refractivity contribution >= 4 is 29.0 Å². The topological polar surface area (TPSA) is 46.2 Å². The summed E-state index contributed by atoms with van der Waals surface area (Å²) >= 11 is 0.787. The van der Waals surface area contributed by atoms with Crippen LogP contribution in [0.1, 0.15) is 75.3 Å².